The molecule has 7 nitrogen and oxygen atoms in total. The summed E-state index contributed by atoms with van der Waals surface area (Å²) in [6.45, 7) is 5.53. The summed E-state index contributed by atoms with van der Waals surface area (Å²) >= 11 is 0. The topological polar surface area (TPSA) is 63.9 Å². The van der Waals surface area contributed by atoms with Crippen molar-refractivity contribution >= 4 is 5.96 Å². The Hall–Kier alpha value is -2.54. The second-order valence-corrected chi connectivity index (χ2v) is 6.19. The van der Waals surface area contributed by atoms with Crippen LogP contribution in [0.5, 0.6) is 5.75 Å². The molecule has 1 unspecified atom stereocenters. The van der Waals surface area contributed by atoms with E-state index in [4.69, 9.17) is 9.47 Å². The van der Waals surface area contributed by atoms with E-state index in [2.05, 4.69) is 26.4 Å². The van der Waals surface area contributed by atoms with Crippen LogP contribution in [0.4, 0.5) is 0 Å². The van der Waals surface area contributed by atoms with Crippen LogP contribution in [0.1, 0.15) is 24.2 Å². The van der Waals surface area contributed by atoms with Gasteiger partial charge in [-0.05, 0) is 13.0 Å². The van der Waals surface area contributed by atoms with Gasteiger partial charge in [0.05, 0.1) is 26.0 Å². The summed E-state index contributed by atoms with van der Waals surface area (Å²) < 4.78 is 13.4. The predicted molar refractivity (Wildman–Crippen MR) is 101 cm³/mol. The van der Waals surface area contributed by atoms with Crippen LogP contribution >= 0.6 is 0 Å². The molecule has 1 aromatic carbocycles. The van der Waals surface area contributed by atoms with Crippen LogP contribution in [0.25, 0.3) is 0 Å². The molecule has 1 saturated heterocycles. The van der Waals surface area contributed by atoms with E-state index >= 15 is 0 Å². The number of nitrogens with one attached hydrogen (secondary N) is 1. The summed E-state index contributed by atoms with van der Waals surface area (Å²) in [7, 11) is 3.73. The van der Waals surface area contributed by atoms with Crippen LogP contribution in [-0.4, -0.2) is 54.0 Å². The van der Waals surface area contributed by atoms with E-state index in [1.165, 1.54) is 0 Å². The van der Waals surface area contributed by atoms with Crippen molar-refractivity contribution in [1.82, 2.24) is 20.0 Å². The Labute approximate surface area is 154 Å². The molecule has 1 fully saturated rings. The number of benzene rings is 1. The third-order valence-electron chi connectivity index (χ3n) is 4.38. The van der Waals surface area contributed by atoms with Gasteiger partial charge in [-0.25, -0.2) is 0 Å². The minimum Gasteiger partial charge on any atom is -0.494 e. The Morgan fingerprint density at radius 2 is 2.27 bits per heavy atom. The average molecular weight is 357 g/mol. The highest BCUT2D eigenvalue weighted by Gasteiger charge is 2.25. The molecule has 3 rings (SSSR count). The third-order valence-corrected chi connectivity index (χ3v) is 4.38. The number of guanidine groups is 1. The molecular formula is C19H27N5O2. The van der Waals surface area contributed by atoms with Crippen LogP contribution in [-0.2, 0) is 18.3 Å². The van der Waals surface area contributed by atoms with Crippen LogP contribution in [0.2, 0.25) is 0 Å². The van der Waals surface area contributed by atoms with Crippen molar-refractivity contribution < 1.29 is 9.47 Å². The number of aromatic nitrogens is 2. The first kappa shape index (κ1) is 18.3. The lowest BCUT2D eigenvalue weighted by Crippen LogP contribution is -2.47. The summed E-state index contributed by atoms with van der Waals surface area (Å²) in [6.07, 6.45) is 3.87. The highest BCUT2D eigenvalue weighted by molar-refractivity contribution is 5.80. The summed E-state index contributed by atoms with van der Waals surface area (Å²) in [5.74, 6) is 1.78. The van der Waals surface area contributed by atoms with Crippen molar-refractivity contribution in [3.05, 3.63) is 47.8 Å². The van der Waals surface area contributed by atoms with Crippen LogP contribution in [0, 0.1) is 0 Å². The molecule has 0 spiro atoms. The zero-order valence-electron chi connectivity index (χ0n) is 15.7. The summed E-state index contributed by atoms with van der Waals surface area (Å²) in [4.78, 5) is 6.68. The molecule has 2 heterocycles. The number of aryl methyl sites for hydroxylation is 1. The highest BCUT2D eigenvalue weighted by Crippen LogP contribution is 2.22. The van der Waals surface area contributed by atoms with Gasteiger partial charge in [0, 0.05) is 44.5 Å². The molecule has 1 N–H and O–H groups in total. The molecule has 2 aromatic rings. The van der Waals surface area contributed by atoms with Crippen molar-refractivity contribution in [2.45, 2.75) is 19.6 Å². The van der Waals surface area contributed by atoms with Crippen LogP contribution in [0.15, 0.2) is 41.7 Å². The van der Waals surface area contributed by atoms with Crippen molar-refractivity contribution in [3.63, 3.8) is 0 Å². The van der Waals surface area contributed by atoms with Gasteiger partial charge >= 0.3 is 0 Å². The van der Waals surface area contributed by atoms with E-state index < -0.39 is 0 Å². The Balaban J connectivity index is 1.64. The Kier molecular flexibility index (Phi) is 6.12. The normalized spacial score (nSPS) is 18.0. The summed E-state index contributed by atoms with van der Waals surface area (Å²) in [5, 5.41) is 7.69. The maximum Gasteiger partial charge on any atom is 0.194 e. The Morgan fingerprint density at radius 3 is 3.00 bits per heavy atom. The molecule has 0 aliphatic carbocycles. The minimum atomic E-state index is 0.00621. The molecule has 0 saturated carbocycles. The average Bonchev–Trinajstić information content (AvgIpc) is 3.10. The fourth-order valence-corrected chi connectivity index (χ4v) is 3.10. The first-order valence-corrected chi connectivity index (χ1v) is 8.97. The van der Waals surface area contributed by atoms with Gasteiger partial charge in [-0.15, -0.1) is 0 Å². The van der Waals surface area contributed by atoms with Gasteiger partial charge in [0.1, 0.15) is 11.9 Å². The lowest BCUT2D eigenvalue weighted by atomic mass is 10.1. The van der Waals surface area contributed by atoms with Gasteiger partial charge in [-0.2, -0.15) is 5.10 Å². The van der Waals surface area contributed by atoms with Gasteiger partial charge in [0.2, 0.25) is 0 Å². The molecular weight excluding hydrogens is 330 g/mol. The number of aliphatic imine (C=N–C) groups is 1. The molecule has 0 bridgehead atoms. The summed E-state index contributed by atoms with van der Waals surface area (Å²) in [6, 6.07) is 8.08. The van der Waals surface area contributed by atoms with Gasteiger partial charge < -0.3 is 19.7 Å². The summed E-state index contributed by atoms with van der Waals surface area (Å²) in [5.41, 5.74) is 2.21. The van der Waals surface area contributed by atoms with Gasteiger partial charge in [-0.3, -0.25) is 9.67 Å². The Bertz CT molecular complexity index is 743. The van der Waals surface area contributed by atoms with Crippen molar-refractivity contribution in [2.24, 2.45) is 12.0 Å². The van der Waals surface area contributed by atoms with E-state index in [0.717, 1.165) is 35.9 Å². The van der Waals surface area contributed by atoms with Gasteiger partial charge in [0.25, 0.3) is 0 Å². The van der Waals surface area contributed by atoms with E-state index in [1.54, 1.807) is 4.68 Å². The fourth-order valence-electron chi connectivity index (χ4n) is 3.10. The number of hydrogen-bond acceptors (Lipinski definition) is 4. The lowest BCUT2D eigenvalue weighted by Gasteiger charge is -2.34. The molecule has 1 aliphatic rings. The SMILES string of the molecule is CCOc1ccccc1CNC(=NC)N1CCOC(c2cnn(C)c2)C1. The zero-order valence-corrected chi connectivity index (χ0v) is 15.7. The number of hydrogen-bond donors (Lipinski definition) is 1. The largest absolute Gasteiger partial charge is 0.494 e. The maximum atomic E-state index is 5.92. The monoisotopic (exact) mass is 357 g/mol. The minimum absolute atomic E-state index is 0.00621. The first-order valence-electron chi connectivity index (χ1n) is 8.97. The zero-order chi connectivity index (χ0) is 18.4. The second-order valence-electron chi connectivity index (χ2n) is 6.19. The van der Waals surface area contributed by atoms with E-state index in [-0.39, 0.29) is 6.10 Å². The van der Waals surface area contributed by atoms with Crippen molar-refractivity contribution in [3.8, 4) is 5.75 Å². The number of rotatable bonds is 5. The van der Waals surface area contributed by atoms with Crippen LogP contribution in [0.3, 0.4) is 0 Å². The van der Waals surface area contributed by atoms with Crippen molar-refractivity contribution in [1.29, 1.82) is 0 Å². The second kappa shape index (κ2) is 8.71. The number of nitrogens with zero attached hydrogens (tertiary/aromatic N) is 4. The Morgan fingerprint density at radius 1 is 1.42 bits per heavy atom. The standard InChI is InChI=1S/C19H27N5O2/c1-4-25-17-8-6-5-7-15(17)11-21-19(20-2)24-9-10-26-18(14-24)16-12-22-23(3)13-16/h5-8,12-13,18H,4,9-11,14H2,1-3H3,(H,20,21). The molecule has 0 radical (unpaired) electrons. The van der Waals surface area contributed by atoms with Crippen molar-refractivity contribution in [2.75, 3.05) is 33.4 Å². The molecule has 1 aromatic heterocycles. The molecule has 0 amide bonds. The van der Waals surface area contributed by atoms with Gasteiger partial charge in [0.15, 0.2) is 5.96 Å². The number of ether oxygens (including phenoxy) is 2. The molecule has 7 heteroatoms. The molecule has 1 atom stereocenters. The first-order chi connectivity index (χ1) is 12.7. The third kappa shape index (κ3) is 4.35. The molecule has 26 heavy (non-hydrogen) atoms. The van der Waals surface area contributed by atoms with Gasteiger partial charge in [-0.1, -0.05) is 18.2 Å². The predicted octanol–water partition coefficient (Wildman–Crippen LogP) is 1.97. The lowest BCUT2D eigenvalue weighted by molar-refractivity contribution is -0.00805. The number of para-hydroxylation sites is 1. The quantitative estimate of drug-likeness (QED) is 0.655. The molecule has 140 valence electrons. The van der Waals surface area contributed by atoms with E-state index in [9.17, 15) is 0 Å². The highest BCUT2D eigenvalue weighted by atomic mass is 16.5. The smallest absolute Gasteiger partial charge is 0.194 e. The molecule has 1 aliphatic heterocycles. The van der Waals surface area contributed by atoms with Crippen LogP contribution < -0.4 is 10.1 Å². The number of morpholine rings is 1. The fraction of sp³-hybridized carbons (Fsp3) is 0.474. The van der Waals surface area contributed by atoms with E-state index in [0.29, 0.717) is 19.8 Å². The van der Waals surface area contributed by atoms with E-state index in [1.807, 2.05) is 51.6 Å². The maximum absolute atomic E-state index is 5.92.